The molecule has 0 aliphatic heterocycles. The summed E-state index contributed by atoms with van der Waals surface area (Å²) in [5.41, 5.74) is 0. The Labute approximate surface area is 123 Å². The summed E-state index contributed by atoms with van der Waals surface area (Å²) in [5, 5.41) is 0. The third-order valence-electron chi connectivity index (χ3n) is 3.13. The van der Waals surface area contributed by atoms with Gasteiger partial charge >= 0.3 is 11.9 Å². The Kier molecular flexibility index (Phi) is 11.1. The second-order valence-corrected chi connectivity index (χ2v) is 5.72. The predicted octanol–water partition coefficient (Wildman–Crippen LogP) is 3.73. The van der Waals surface area contributed by atoms with Crippen LogP contribution in [0.4, 0.5) is 0 Å². The zero-order valence-corrected chi connectivity index (χ0v) is 13.4. The fourth-order valence-electron chi connectivity index (χ4n) is 1.60. The van der Waals surface area contributed by atoms with E-state index in [4.69, 9.17) is 9.47 Å². The highest BCUT2D eigenvalue weighted by Gasteiger charge is 2.16. The average molecular weight is 286 g/mol. The summed E-state index contributed by atoms with van der Waals surface area (Å²) in [4.78, 5) is 23.1. The van der Waals surface area contributed by atoms with Crippen LogP contribution in [0.25, 0.3) is 0 Å². The second kappa shape index (κ2) is 11.7. The number of carbonyl (C=O) groups is 2. The Morgan fingerprint density at radius 1 is 0.950 bits per heavy atom. The van der Waals surface area contributed by atoms with E-state index in [9.17, 15) is 9.59 Å². The summed E-state index contributed by atoms with van der Waals surface area (Å²) in [6, 6.07) is 0. The lowest BCUT2D eigenvalue weighted by molar-refractivity contribution is -0.149. The van der Waals surface area contributed by atoms with E-state index in [-0.39, 0.29) is 24.3 Å². The molecule has 1 atom stereocenters. The maximum absolute atomic E-state index is 11.6. The first kappa shape index (κ1) is 18.9. The van der Waals surface area contributed by atoms with Crippen LogP contribution >= 0.6 is 0 Å². The van der Waals surface area contributed by atoms with Crippen LogP contribution in [0.2, 0.25) is 0 Å². The van der Waals surface area contributed by atoms with Crippen molar-refractivity contribution < 1.29 is 19.1 Å². The molecule has 0 saturated carbocycles. The van der Waals surface area contributed by atoms with E-state index in [1.165, 1.54) is 0 Å². The zero-order valence-electron chi connectivity index (χ0n) is 13.4. The normalized spacial score (nSPS) is 12.2. The lowest BCUT2D eigenvalue weighted by Crippen LogP contribution is -2.17. The Morgan fingerprint density at radius 2 is 1.65 bits per heavy atom. The highest BCUT2D eigenvalue weighted by atomic mass is 16.5. The van der Waals surface area contributed by atoms with Gasteiger partial charge in [0.2, 0.25) is 0 Å². The Hall–Kier alpha value is -1.06. The van der Waals surface area contributed by atoms with Crippen molar-refractivity contribution in [2.75, 3.05) is 13.2 Å². The van der Waals surface area contributed by atoms with Crippen LogP contribution in [0.5, 0.6) is 0 Å². The number of rotatable bonds is 11. The van der Waals surface area contributed by atoms with Gasteiger partial charge < -0.3 is 9.47 Å². The third kappa shape index (κ3) is 10.8. The van der Waals surface area contributed by atoms with Crippen molar-refractivity contribution in [2.24, 2.45) is 11.8 Å². The van der Waals surface area contributed by atoms with Crippen LogP contribution in [0.3, 0.4) is 0 Å². The molecule has 0 aromatic rings. The fraction of sp³-hybridized carbons (Fsp3) is 0.875. The van der Waals surface area contributed by atoms with Gasteiger partial charge in [0.1, 0.15) is 0 Å². The molecule has 0 aliphatic carbocycles. The molecule has 20 heavy (non-hydrogen) atoms. The van der Waals surface area contributed by atoms with Crippen molar-refractivity contribution in [2.45, 2.75) is 66.2 Å². The van der Waals surface area contributed by atoms with E-state index in [0.717, 1.165) is 25.7 Å². The zero-order chi connectivity index (χ0) is 15.4. The van der Waals surface area contributed by atoms with Crippen molar-refractivity contribution in [1.82, 2.24) is 0 Å². The lowest BCUT2D eigenvalue weighted by Gasteiger charge is -2.11. The molecule has 0 saturated heterocycles. The first-order valence-corrected chi connectivity index (χ1v) is 7.79. The maximum Gasteiger partial charge on any atom is 0.308 e. The number of unbranched alkanes of at least 4 members (excludes halogenated alkanes) is 2. The summed E-state index contributed by atoms with van der Waals surface area (Å²) in [7, 11) is 0. The van der Waals surface area contributed by atoms with Gasteiger partial charge in [0, 0.05) is 6.42 Å². The van der Waals surface area contributed by atoms with Crippen LogP contribution in [0.15, 0.2) is 0 Å². The minimum Gasteiger partial charge on any atom is -0.466 e. The summed E-state index contributed by atoms with van der Waals surface area (Å²) in [6.45, 7) is 9.02. The smallest absolute Gasteiger partial charge is 0.308 e. The highest BCUT2D eigenvalue weighted by molar-refractivity contribution is 5.74. The minimum atomic E-state index is -0.241. The number of carbonyl (C=O) groups excluding carboxylic acids is 2. The lowest BCUT2D eigenvalue weighted by atomic mass is 10.1. The average Bonchev–Trinajstić information content (AvgIpc) is 2.40. The molecule has 0 fully saturated rings. The molecule has 0 aromatic carbocycles. The van der Waals surface area contributed by atoms with Crippen molar-refractivity contribution >= 4 is 11.9 Å². The fourth-order valence-corrected chi connectivity index (χ4v) is 1.60. The second-order valence-electron chi connectivity index (χ2n) is 5.72. The molecule has 4 heteroatoms. The molecule has 0 spiro atoms. The topological polar surface area (TPSA) is 52.6 Å². The number of esters is 2. The van der Waals surface area contributed by atoms with E-state index in [0.29, 0.717) is 25.6 Å². The van der Waals surface area contributed by atoms with Gasteiger partial charge in [-0.3, -0.25) is 9.59 Å². The van der Waals surface area contributed by atoms with Gasteiger partial charge in [0.05, 0.1) is 19.1 Å². The van der Waals surface area contributed by atoms with Crippen molar-refractivity contribution in [3.8, 4) is 0 Å². The van der Waals surface area contributed by atoms with Crippen LogP contribution in [0.1, 0.15) is 66.2 Å². The van der Waals surface area contributed by atoms with E-state index in [2.05, 4.69) is 20.8 Å². The van der Waals surface area contributed by atoms with E-state index in [1.807, 2.05) is 0 Å². The number of hydrogen-bond donors (Lipinski definition) is 0. The van der Waals surface area contributed by atoms with Crippen LogP contribution < -0.4 is 0 Å². The highest BCUT2D eigenvalue weighted by Crippen LogP contribution is 2.10. The first-order chi connectivity index (χ1) is 9.47. The molecule has 1 unspecified atom stereocenters. The van der Waals surface area contributed by atoms with Crippen molar-refractivity contribution in [1.29, 1.82) is 0 Å². The minimum absolute atomic E-state index is 0.212. The summed E-state index contributed by atoms with van der Waals surface area (Å²) in [6.07, 6.45) is 4.74. The molecule has 0 amide bonds. The Morgan fingerprint density at radius 3 is 2.25 bits per heavy atom. The summed E-state index contributed by atoms with van der Waals surface area (Å²) >= 11 is 0. The standard InChI is InChI=1S/C16H30O4/c1-5-6-7-11-20-16(18)14(4)8-9-15(17)19-12-10-13(2)3/h13-14H,5-12H2,1-4H3. The van der Waals surface area contributed by atoms with Gasteiger partial charge in [-0.1, -0.05) is 40.5 Å². The molecule has 0 N–H and O–H groups in total. The molecule has 4 nitrogen and oxygen atoms in total. The third-order valence-corrected chi connectivity index (χ3v) is 3.13. The van der Waals surface area contributed by atoms with Crippen LogP contribution in [-0.2, 0) is 19.1 Å². The van der Waals surface area contributed by atoms with Gasteiger partial charge in [-0.2, -0.15) is 0 Å². The monoisotopic (exact) mass is 286 g/mol. The molecule has 118 valence electrons. The van der Waals surface area contributed by atoms with Gasteiger partial charge in [-0.05, 0) is 25.2 Å². The Balaban J connectivity index is 3.66. The van der Waals surface area contributed by atoms with Gasteiger partial charge in [0.15, 0.2) is 0 Å². The first-order valence-electron chi connectivity index (χ1n) is 7.79. The van der Waals surface area contributed by atoms with Crippen LogP contribution in [0, 0.1) is 11.8 Å². The summed E-state index contributed by atoms with van der Waals surface area (Å²) < 4.78 is 10.3. The number of ether oxygens (including phenoxy) is 2. The molecular formula is C16H30O4. The molecule has 0 aliphatic rings. The Bertz CT molecular complexity index is 274. The molecule has 0 bridgehead atoms. The van der Waals surface area contributed by atoms with E-state index in [1.54, 1.807) is 6.92 Å². The molecular weight excluding hydrogens is 256 g/mol. The van der Waals surface area contributed by atoms with E-state index < -0.39 is 0 Å². The van der Waals surface area contributed by atoms with Crippen molar-refractivity contribution in [3.63, 3.8) is 0 Å². The largest absolute Gasteiger partial charge is 0.466 e. The molecule has 0 aromatic heterocycles. The van der Waals surface area contributed by atoms with Gasteiger partial charge in [-0.25, -0.2) is 0 Å². The van der Waals surface area contributed by atoms with Gasteiger partial charge in [-0.15, -0.1) is 0 Å². The predicted molar refractivity (Wildman–Crippen MR) is 79.3 cm³/mol. The van der Waals surface area contributed by atoms with Crippen molar-refractivity contribution in [3.05, 3.63) is 0 Å². The quantitative estimate of drug-likeness (QED) is 0.429. The maximum atomic E-state index is 11.6. The molecule has 0 radical (unpaired) electrons. The SMILES string of the molecule is CCCCCOC(=O)C(C)CCC(=O)OCCC(C)C. The number of hydrogen-bond acceptors (Lipinski definition) is 4. The summed E-state index contributed by atoms with van der Waals surface area (Å²) in [5.74, 6) is -0.151. The van der Waals surface area contributed by atoms with Gasteiger partial charge in [0.25, 0.3) is 0 Å². The molecule has 0 heterocycles. The molecule has 0 rings (SSSR count). The van der Waals surface area contributed by atoms with Crippen LogP contribution in [-0.4, -0.2) is 25.2 Å². The van der Waals surface area contributed by atoms with E-state index >= 15 is 0 Å².